The molecule has 0 aliphatic carbocycles. The molecule has 0 N–H and O–H groups in total. The number of para-hydroxylation sites is 1. The molecule has 0 saturated carbocycles. The zero-order valence-electron chi connectivity index (χ0n) is 15.3. The Hall–Kier alpha value is -2.82. The molecule has 2 amide bonds. The molecule has 2 aromatic carbocycles. The van der Waals surface area contributed by atoms with Gasteiger partial charge in [-0.1, -0.05) is 42.0 Å². The number of ether oxygens (including phenoxy) is 1. The van der Waals surface area contributed by atoms with Crippen LogP contribution in [-0.2, 0) is 11.2 Å². The molecule has 0 bridgehead atoms. The van der Waals surface area contributed by atoms with Gasteiger partial charge in [0.05, 0.1) is 19.1 Å². The molecule has 1 heterocycles. The Balaban J connectivity index is 1.57. The summed E-state index contributed by atoms with van der Waals surface area (Å²) in [4.78, 5) is 28.8. The van der Waals surface area contributed by atoms with Gasteiger partial charge in [-0.15, -0.1) is 0 Å². The van der Waals surface area contributed by atoms with Gasteiger partial charge in [-0.05, 0) is 24.6 Å². The Morgan fingerprint density at radius 2 is 1.54 bits per heavy atom. The van der Waals surface area contributed by atoms with Crippen LogP contribution in [0.3, 0.4) is 0 Å². The van der Waals surface area contributed by atoms with Gasteiger partial charge in [0.1, 0.15) is 5.75 Å². The van der Waals surface area contributed by atoms with E-state index in [1.54, 1.807) is 24.1 Å². The molecule has 136 valence electrons. The van der Waals surface area contributed by atoms with Gasteiger partial charge in [0, 0.05) is 26.2 Å². The van der Waals surface area contributed by atoms with E-state index in [1.807, 2.05) is 48.2 Å². The summed E-state index contributed by atoms with van der Waals surface area (Å²) in [5.74, 6) is 0.640. The molecule has 0 unspecified atom stereocenters. The average molecular weight is 352 g/mol. The number of benzene rings is 2. The molecule has 3 rings (SSSR count). The van der Waals surface area contributed by atoms with Crippen LogP contribution >= 0.6 is 0 Å². The highest BCUT2D eigenvalue weighted by atomic mass is 16.5. The van der Waals surface area contributed by atoms with Gasteiger partial charge >= 0.3 is 0 Å². The number of rotatable bonds is 4. The van der Waals surface area contributed by atoms with Gasteiger partial charge in [-0.3, -0.25) is 9.59 Å². The molecule has 1 aliphatic rings. The number of hydrogen-bond acceptors (Lipinski definition) is 3. The molecular formula is C21H24N2O3. The fraction of sp³-hybridized carbons (Fsp3) is 0.333. The van der Waals surface area contributed by atoms with E-state index in [0.717, 1.165) is 5.56 Å². The van der Waals surface area contributed by atoms with Crippen molar-refractivity contribution in [2.24, 2.45) is 0 Å². The fourth-order valence-electron chi connectivity index (χ4n) is 3.14. The van der Waals surface area contributed by atoms with E-state index in [2.05, 4.69) is 0 Å². The van der Waals surface area contributed by atoms with E-state index in [0.29, 0.717) is 43.9 Å². The van der Waals surface area contributed by atoms with Crippen molar-refractivity contribution < 1.29 is 14.3 Å². The lowest BCUT2D eigenvalue weighted by molar-refractivity contribution is -0.131. The first-order valence-electron chi connectivity index (χ1n) is 8.84. The van der Waals surface area contributed by atoms with Crippen molar-refractivity contribution >= 4 is 11.8 Å². The molecule has 0 spiro atoms. The normalized spacial score (nSPS) is 14.2. The lowest BCUT2D eigenvalue weighted by atomic mass is 10.1. The molecule has 0 atom stereocenters. The maximum Gasteiger partial charge on any atom is 0.257 e. The molecule has 1 fully saturated rings. The highest BCUT2D eigenvalue weighted by Gasteiger charge is 2.26. The van der Waals surface area contributed by atoms with Crippen LogP contribution in [0.2, 0.25) is 0 Å². The summed E-state index contributed by atoms with van der Waals surface area (Å²) in [5.41, 5.74) is 2.77. The third-order valence-electron chi connectivity index (χ3n) is 4.73. The lowest BCUT2D eigenvalue weighted by Crippen LogP contribution is -2.51. The first-order chi connectivity index (χ1) is 12.6. The van der Waals surface area contributed by atoms with Crippen LogP contribution in [0, 0.1) is 6.92 Å². The lowest BCUT2D eigenvalue weighted by Gasteiger charge is -2.35. The van der Waals surface area contributed by atoms with E-state index in [4.69, 9.17) is 4.74 Å². The molecular weight excluding hydrogens is 328 g/mol. The van der Waals surface area contributed by atoms with Crippen molar-refractivity contribution in [1.82, 2.24) is 9.80 Å². The minimum atomic E-state index is -0.0481. The first kappa shape index (κ1) is 18.0. The Morgan fingerprint density at radius 3 is 2.19 bits per heavy atom. The van der Waals surface area contributed by atoms with Gasteiger partial charge in [-0.25, -0.2) is 0 Å². The maximum atomic E-state index is 12.7. The molecule has 0 radical (unpaired) electrons. The van der Waals surface area contributed by atoms with Crippen LogP contribution in [0.4, 0.5) is 0 Å². The van der Waals surface area contributed by atoms with E-state index in [9.17, 15) is 9.59 Å². The van der Waals surface area contributed by atoms with Crippen molar-refractivity contribution in [2.75, 3.05) is 33.3 Å². The second kappa shape index (κ2) is 8.04. The predicted octanol–water partition coefficient (Wildman–Crippen LogP) is 2.53. The molecule has 1 saturated heterocycles. The van der Waals surface area contributed by atoms with E-state index in [1.165, 1.54) is 5.56 Å². The van der Waals surface area contributed by atoms with Crippen molar-refractivity contribution in [3.8, 4) is 5.75 Å². The first-order valence-corrected chi connectivity index (χ1v) is 8.84. The second-order valence-electron chi connectivity index (χ2n) is 6.54. The summed E-state index contributed by atoms with van der Waals surface area (Å²) >= 11 is 0. The number of aryl methyl sites for hydroxylation is 1. The molecule has 26 heavy (non-hydrogen) atoms. The van der Waals surface area contributed by atoms with Crippen LogP contribution in [0.15, 0.2) is 48.5 Å². The largest absolute Gasteiger partial charge is 0.496 e. The second-order valence-corrected chi connectivity index (χ2v) is 6.54. The Labute approximate surface area is 154 Å². The zero-order chi connectivity index (χ0) is 18.5. The number of hydrogen-bond donors (Lipinski definition) is 0. The van der Waals surface area contributed by atoms with Crippen molar-refractivity contribution in [2.45, 2.75) is 13.3 Å². The Bertz CT molecular complexity index is 778. The number of nitrogens with zero attached hydrogens (tertiary/aromatic N) is 2. The minimum absolute atomic E-state index is 0.0481. The predicted molar refractivity (Wildman–Crippen MR) is 100 cm³/mol. The van der Waals surface area contributed by atoms with Gasteiger partial charge in [0.2, 0.25) is 5.91 Å². The standard InChI is InChI=1S/C21H24N2O3/c1-16-7-9-17(10-8-16)15-20(24)22-11-13-23(14-12-22)21(25)18-5-3-4-6-19(18)26-2/h3-10H,11-15H2,1-2H3. The van der Waals surface area contributed by atoms with Crippen LogP contribution in [0.25, 0.3) is 0 Å². The third kappa shape index (κ3) is 4.04. The van der Waals surface area contributed by atoms with Crippen molar-refractivity contribution in [1.29, 1.82) is 0 Å². The monoisotopic (exact) mass is 352 g/mol. The average Bonchev–Trinajstić information content (AvgIpc) is 2.69. The summed E-state index contributed by atoms with van der Waals surface area (Å²) in [6.45, 7) is 4.23. The van der Waals surface area contributed by atoms with Gasteiger partial charge in [-0.2, -0.15) is 0 Å². The fourth-order valence-corrected chi connectivity index (χ4v) is 3.14. The number of methoxy groups -OCH3 is 1. The van der Waals surface area contributed by atoms with Gasteiger partial charge in [0.25, 0.3) is 5.91 Å². The summed E-state index contributed by atoms with van der Waals surface area (Å²) < 4.78 is 5.28. The van der Waals surface area contributed by atoms with Gasteiger partial charge in [0.15, 0.2) is 0 Å². The van der Waals surface area contributed by atoms with Crippen LogP contribution in [0.5, 0.6) is 5.75 Å². The molecule has 2 aromatic rings. The summed E-state index contributed by atoms with van der Waals surface area (Å²) in [6.07, 6.45) is 0.404. The summed E-state index contributed by atoms with van der Waals surface area (Å²) in [6, 6.07) is 15.3. The zero-order valence-corrected chi connectivity index (χ0v) is 15.3. The van der Waals surface area contributed by atoms with E-state index >= 15 is 0 Å². The minimum Gasteiger partial charge on any atom is -0.496 e. The number of carbonyl (C=O) groups excluding carboxylic acids is 2. The SMILES string of the molecule is COc1ccccc1C(=O)N1CCN(C(=O)Cc2ccc(C)cc2)CC1. The maximum absolute atomic E-state index is 12.7. The summed E-state index contributed by atoms with van der Waals surface area (Å²) in [7, 11) is 1.56. The van der Waals surface area contributed by atoms with Crippen molar-refractivity contribution in [3.63, 3.8) is 0 Å². The number of piperazine rings is 1. The molecule has 1 aliphatic heterocycles. The molecule has 0 aromatic heterocycles. The quantitative estimate of drug-likeness (QED) is 0.850. The highest BCUT2D eigenvalue weighted by molar-refractivity contribution is 5.97. The molecule has 5 heteroatoms. The van der Waals surface area contributed by atoms with E-state index in [-0.39, 0.29) is 11.8 Å². The third-order valence-corrected chi connectivity index (χ3v) is 4.73. The van der Waals surface area contributed by atoms with Crippen LogP contribution < -0.4 is 4.74 Å². The Morgan fingerprint density at radius 1 is 0.923 bits per heavy atom. The number of carbonyl (C=O) groups is 2. The van der Waals surface area contributed by atoms with Crippen LogP contribution in [0.1, 0.15) is 21.5 Å². The van der Waals surface area contributed by atoms with Crippen molar-refractivity contribution in [3.05, 3.63) is 65.2 Å². The topological polar surface area (TPSA) is 49.9 Å². The van der Waals surface area contributed by atoms with Crippen LogP contribution in [-0.4, -0.2) is 54.9 Å². The highest BCUT2D eigenvalue weighted by Crippen LogP contribution is 2.20. The van der Waals surface area contributed by atoms with Gasteiger partial charge < -0.3 is 14.5 Å². The molecule has 5 nitrogen and oxygen atoms in total. The smallest absolute Gasteiger partial charge is 0.257 e. The summed E-state index contributed by atoms with van der Waals surface area (Å²) in [5, 5.41) is 0. The Kier molecular flexibility index (Phi) is 5.56. The number of amides is 2. The van der Waals surface area contributed by atoms with E-state index < -0.39 is 0 Å².